The van der Waals surface area contributed by atoms with Gasteiger partial charge in [-0.1, -0.05) is 19.1 Å². The van der Waals surface area contributed by atoms with Crippen molar-refractivity contribution in [3.63, 3.8) is 0 Å². The number of ether oxygens (including phenoxy) is 3. The van der Waals surface area contributed by atoms with E-state index in [9.17, 15) is 13.2 Å². The number of carbonyl (C=O) groups excluding carboxylic acids is 1. The van der Waals surface area contributed by atoms with Crippen molar-refractivity contribution in [2.75, 3.05) is 38.7 Å². The number of benzene rings is 2. The lowest BCUT2D eigenvalue weighted by Gasteiger charge is -2.26. The monoisotopic (exact) mass is 462 g/mol. The van der Waals surface area contributed by atoms with E-state index in [1.54, 1.807) is 0 Å². The third-order valence-electron chi connectivity index (χ3n) is 5.31. The van der Waals surface area contributed by atoms with E-state index in [0.717, 1.165) is 11.1 Å². The molecule has 0 unspecified atom stereocenters. The zero-order valence-electron chi connectivity index (χ0n) is 18.9. The SMILES string of the molecule is CC[C@H](Oc1cc(C)ccc1C)C(=O)Nc1cc(S(=O)(=O)N2CCOCC2)ccc1OC. The van der Waals surface area contributed by atoms with Crippen molar-refractivity contribution >= 4 is 21.6 Å². The Bertz CT molecular complexity index is 1060. The molecule has 1 saturated heterocycles. The first-order chi connectivity index (χ1) is 15.3. The maximum absolute atomic E-state index is 13.0. The third kappa shape index (κ3) is 5.40. The molecule has 0 aromatic heterocycles. The number of anilines is 1. The van der Waals surface area contributed by atoms with Gasteiger partial charge >= 0.3 is 0 Å². The Hall–Kier alpha value is -2.62. The average molecular weight is 463 g/mol. The van der Waals surface area contributed by atoms with Crippen molar-refractivity contribution in [1.82, 2.24) is 4.31 Å². The molecule has 0 aliphatic carbocycles. The number of nitrogens with zero attached hydrogens (tertiary/aromatic N) is 1. The lowest BCUT2D eigenvalue weighted by Crippen LogP contribution is -2.40. The molecule has 1 amide bonds. The fourth-order valence-electron chi connectivity index (χ4n) is 3.40. The molecule has 1 atom stereocenters. The summed E-state index contributed by atoms with van der Waals surface area (Å²) in [6.45, 7) is 7.02. The van der Waals surface area contributed by atoms with E-state index < -0.39 is 16.1 Å². The summed E-state index contributed by atoms with van der Waals surface area (Å²) in [4.78, 5) is 13.1. The number of nitrogens with one attached hydrogen (secondary N) is 1. The van der Waals surface area contributed by atoms with Crippen LogP contribution < -0.4 is 14.8 Å². The smallest absolute Gasteiger partial charge is 0.265 e. The molecule has 1 aliphatic heterocycles. The van der Waals surface area contributed by atoms with E-state index in [4.69, 9.17) is 14.2 Å². The average Bonchev–Trinajstić information content (AvgIpc) is 2.80. The number of sulfonamides is 1. The van der Waals surface area contributed by atoms with Crippen molar-refractivity contribution in [2.24, 2.45) is 0 Å². The van der Waals surface area contributed by atoms with Gasteiger partial charge in [0, 0.05) is 13.1 Å². The Morgan fingerprint density at radius 2 is 1.84 bits per heavy atom. The van der Waals surface area contributed by atoms with Gasteiger partial charge in [-0.2, -0.15) is 4.31 Å². The van der Waals surface area contributed by atoms with Crippen molar-refractivity contribution in [3.05, 3.63) is 47.5 Å². The molecule has 8 nitrogen and oxygen atoms in total. The van der Waals surface area contributed by atoms with E-state index in [-0.39, 0.29) is 29.6 Å². The molecule has 2 aromatic rings. The van der Waals surface area contributed by atoms with Gasteiger partial charge in [-0.05, 0) is 55.7 Å². The summed E-state index contributed by atoms with van der Waals surface area (Å²) in [5, 5.41) is 2.79. The second-order valence-electron chi connectivity index (χ2n) is 7.65. The van der Waals surface area contributed by atoms with Crippen molar-refractivity contribution in [3.8, 4) is 11.5 Å². The fourth-order valence-corrected chi connectivity index (χ4v) is 4.84. The van der Waals surface area contributed by atoms with Gasteiger partial charge in [0.05, 0.1) is 30.9 Å². The molecule has 174 valence electrons. The maximum Gasteiger partial charge on any atom is 0.265 e. The molecule has 1 fully saturated rings. The standard InChI is InChI=1S/C23H30N2O6S/c1-5-20(31-22-14-16(2)6-7-17(22)3)23(26)24-19-15-18(8-9-21(19)29-4)32(27,28)25-10-12-30-13-11-25/h6-9,14-15,20H,5,10-13H2,1-4H3,(H,24,26)/t20-/m0/s1. The van der Waals surface area contributed by atoms with Gasteiger partial charge in [0.25, 0.3) is 5.91 Å². The van der Waals surface area contributed by atoms with Gasteiger partial charge < -0.3 is 19.5 Å². The van der Waals surface area contributed by atoms with Gasteiger partial charge in [-0.3, -0.25) is 4.79 Å². The number of rotatable bonds is 8. The predicted octanol–water partition coefficient (Wildman–Crippen LogP) is 3.13. The first-order valence-corrected chi connectivity index (χ1v) is 12.0. The fraction of sp³-hybridized carbons (Fsp3) is 0.435. The predicted molar refractivity (Wildman–Crippen MR) is 122 cm³/mol. The van der Waals surface area contributed by atoms with Crippen LogP contribution in [0, 0.1) is 13.8 Å². The molecule has 2 aromatic carbocycles. The number of methoxy groups -OCH3 is 1. The van der Waals surface area contributed by atoms with E-state index >= 15 is 0 Å². The highest BCUT2D eigenvalue weighted by atomic mass is 32.2. The van der Waals surface area contributed by atoms with E-state index in [0.29, 0.717) is 31.1 Å². The first kappa shape index (κ1) is 24.0. The Kier molecular flexibility index (Phi) is 7.76. The highest BCUT2D eigenvalue weighted by Crippen LogP contribution is 2.30. The second kappa shape index (κ2) is 10.3. The van der Waals surface area contributed by atoms with Crippen LogP contribution in [-0.2, 0) is 19.6 Å². The summed E-state index contributed by atoms with van der Waals surface area (Å²) in [7, 11) is -2.25. The number of carbonyl (C=O) groups is 1. The molecule has 9 heteroatoms. The zero-order valence-corrected chi connectivity index (χ0v) is 19.7. The molecule has 3 rings (SSSR count). The number of aryl methyl sites for hydroxylation is 2. The molecule has 32 heavy (non-hydrogen) atoms. The number of amides is 1. The summed E-state index contributed by atoms with van der Waals surface area (Å²) in [5.41, 5.74) is 2.23. The molecular formula is C23H30N2O6S. The summed E-state index contributed by atoms with van der Waals surface area (Å²) < 4.78 is 44.0. The third-order valence-corrected chi connectivity index (χ3v) is 7.21. The summed E-state index contributed by atoms with van der Waals surface area (Å²) in [6.07, 6.45) is -0.312. The summed E-state index contributed by atoms with van der Waals surface area (Å²) in [5.74, 6) is 0.621. The highest BCUT2D eigenvalue weighted by Gasteiger charge is 2.28. The van der Waals surface area contributed by atoms with Gasteiger partial charge in [0.1, 0.15) is 11.5 Å². The molecule has 1 heterocycles. The molecule has 0 saturated carbocycles. The summed E-state index contributed by atoms with van der Waals surface area (Å²) in [6, 6.07) is 10.2. The number of morpholine rings is 1. The Labute approximate surface area is 189 Å². The zero-order chi connectivity index (χ0) is 23.3. The Morgan fingerprint density at radius 1 is 1.12 bits per heavy atom. The Balaban J connectivity index is 1.83. The summed E-state index contributed by atoms with van der Waals surface area (Å²) >= 11 is 0. The van der Waals surface area contributed by atoms with Gasteiger partial charge in [-0.25, -0.2) is 8.42 Å². The Morgan fingerprint density at radius 3 is 2.50 bits per heavy atom. The molecule has 0 radical (unpaired) electrons. The van der Waals surface area contributed by atoms with E-state index in [1.165, 1.54) is 29.6 Å². The van der Waals surface area contributed by atoms with Gasteiger partial charge in [0.15, 0.2) is 6.10 Å². The largest absolute Gasteiger partial charge is 0.495 e. The van der Waals surface area contributed by atoms with E-state index in [2.05, 4.69) is 5.32 Å². The van der Waals surface area contributed by atoms with Crippen LogP contribution >= 0.6 is 0 Å². The van der Waals surface area contributed by atoms with Crippen molar-refractivity contribution < 1.29 is 27.4 Å². The van der Waals surface area contributed by atoms with Crippen LogP contribution in [0.3, 0.4) is 0 Å². The molecule has 0 spiro atoms. The highest BCUT2D eigenvalue weighted by molar-refractivity contribution is 7.89. The van der Waals surface area contributed by atoms with Crippen LogP contribution in [0.5, 0.6) is 11.5 Å². The molecule has 1 N–H and O–H groups in total. The quantitative estimate of drug-likeness (QED) is 0.648. The minimum atomic E-state index is -3.71. The van der Waals surface area contributed by atoms with Gasteiger partial charge in [0.2, 0.25) is 10.0 Å². The minimum absolute atomic E-state index is 0.0824. The first-order valence-electron chi connectivity index (χ1n) is 10.6. The van der Waals surface area contributed by atoms with Crippen LogP contribution in [0.1, 0.15) is 24.5 Å². The molecule has 1 aliphatic rings. The van der Waals surface area contributed by atoms with Crippen LogP contribution in [0.25, 0.3) is 0 Å². The number of hydrogen-bond acceptors (Lipinski definition) is 6. The molecule has 0 bridgehead atoms. The lowest BCUT2D eigenvalue weighted by molar-refractivity contribution is -0.122. The molecular weight excluding hydrogens is 432 g/mol. The van der Waals surface area contributed by atoms with Crippen molar-refractivity contribution in [1.29, 1.82) is 0 Å². The second-order valence-corrected chi connectivity index (χ2v) is 9.59. The van der Waals surface area contributed by atoms with Crippen molar-refractivity contribution in [2.45, 2.75) is 38.2 Å². The number of hydrogen-bond donors (Lipinski definition) is 1. The maximum atomic E-state index is 13.0. The van der Waals surface area contributed by atoms with Crippen LogP contribution in [0.2, 0.25) is 0 Å². The van der Waals surface area contributed by atoms with Crippen LogP contribution in [-0.4, -0.2) is 58.1 Å². The van der Waals surface area contributed by atoms with Crippen LogP contribution in [0.4, 0.5) is 5.69 Å². The van der Waals surface area contributed by atoms with Gasteiger partial charge in [-0.15, -0.1) is 0 Å². The lowest BCUT2D eigenvalue weighted by atomic mass is 10.1. The normalized spacial score (nSPS) is 15.8. The topological polar surface area (TPSA) is 94.2 Å². The van der Waals surface area contributed by atoms with Crippen LogP contribution in [0.15, 0.2) is 41.3 Å². The van der Waals surface area contributed by atoms with E-state index in [1.807, 2.05) is 39.0 Å². The minimum Gasteiger partial charge on any atom is -0.495 e.